The van der Waals surface area contributed by atoms with E-state index in [0.29, 0.717) is 11.3 Å². The molecule has 2 aromatic heterocycles. The number of halogens is 3. The van der Waals surface area contributed by atoms with Crippen molar-refractivity contribution in [3.8, 4) is 11.8 Å². The molecule has 0 unspecified atom stereocenters. The van der Waals surface area contributed by atoms with Gasteiger partial charge >= 0.3 is 6.18 Å². The van der Waals surface area contributed by atoms with Crippen LogP contribution in [0.25, 0.3) is 0 Å². The smallest absolute Gasteiger partial charge is 0.422 e. The molecule has 0 spiro atoms. The number of pyridine rings is 2. The summed E-state index contributed by atoms with van der Waals surface area (Å²) in [4.78, 5) is 31.6. The average molecular weight is 412 g/mol. The number of ether oxygens (including phenoxy) is 2. The van der Waals surface area contributed by atoms with Crippen LogP contribution in [0, 0.1) is 6.92 Å². The van der Waals surface area contributed by atoms with Crippen LogP contribution in [0.1, 0.15) is 28.5 Å². The van der Waals surface area contributed by atoms with Crippen molar-refractivity contribution < 1.29 is 32.2 Å². The molecule has 0 aliphatic rings. The maximum Gasteiger partial charge on any atom is 0.422 e. The number of nitrogens with zero attached hydrogens (tertiary/aromatic N) is 2. The SMILES string of the molecule is COc1nc(OCC(F)(F)F)ccc1CNC(=O)c1cc(C)nc(NC(C)=O)c1. The van der Waals surface area contributed by atoms with Crippen LogP contribution in [0.5, 0.6) is 11.8 Å². The lowest BCUT2D eigenvalue weighted by Crippen LogP contribution is -2.24. The van der Waals surface area contributed by atoms with Crippen LogP contribution in [-0.2, 0) is 11.3 Å². The Morgan fingerprint density at radius 2 is 1.90 bits per heavy atom. The minimum Gasteiger partial charge on any atom is -0.481 e. The van der Waals surface area contributed by atoms with Gasteiger partial charge in [-0.25, -0.2) is 4.98 Å². The van der Waals surface area contributed by atoms with Gasteiger partial charge in [-0.05, 0) is 25.1 Å². The zero-order valence-corrected chi connectivity index (χ0v) is 15.9. The first-order valence-corrected chi connectivity index (χ1v) is 8.35. The normalized spacial score (nSPS) is 11.0. The van der Waals surface area contributed by atoms with E-state index in [9.17, 15) is 22.8 Å². The van der Waals surface area contributed by atoms with Gasteiger partial charge in [0, 0.05) is 36.4 Å². The van der Waals surface area contributed by atoms with E-state index < -0.39 is 18.7 Å². The summed E-state index contributed by atoms with van der Waals surface area (Å²) in [6.07, 6.45) is -4.49. The number of aromatic nitrogens is 2. The van der Waals surface area contributed by atoms with Gasteiger partial charge in [0.2, 0.25) is 17.7 Å². The Hall–Kier alpha value is -3.37. The van der Waals surface area contributed by atoms with Crippen molar-refractivity contribution in [1.82, 2.24) is 15.3 Å². The first-order chi connectivity index (χ1) is 13.6. The molecule has 0 aliphatic heterocycles. The average Bonchev–Trinajstić information content (AvgIpc) is 2.63. The molecule has 2 aromatic rings. The summed E-state index contributed by atoms with van der Waals surface area (Å²) in [6, 6.07) is 5.66. The van der Waals surface area contributed by atoms with Crippen molar-refractivity contribution in [1.29, 1.82) is 0 Å². The number of anilines is 1. The topological polar surface area (TPSA) is 102 Å². The van der Waals surface area contributed by atoms with Gasteiger partial charge in [0.05, 0.1) is 7.11 Å². The Bertz CT molecular complexity index is 903. The predicted molar refractivity (Wildman–Crippen MR) is 96.8 cm³/mol. The summed E-state index contributed by atoms with van der Waals surface area (Å²) in [5.41, 5.74) is 1.25. The number of nitrogens with one attached hydrogen (secondary N) is 2. The largest absolute Gasteiger partial charge is 0.481 e. The minimum absolute atomic E-state index is 0.00536. The molecule has 8 nitrogen and oxygen atoms in total. The zero-order valence-electron chi connectivity index (χ0n) is 15.9. The highest BCUT2D eigenvalue weighted by atomic mass is 19.4. The van der Waals surface area contributed by atoms with Gasteiger partial charge < -0.3 is 20.1 Å². The third-order valence-corrected chi connectivity index (χ3v) is 3.45. The number of carbonyl (C=O) groups excluding carboxylic acids is 2. The molecule has 2 amide bonds. The molecular weight excluding hydrogens is 393 g/mol. The number of hydrogen-bond acceptors (Lipinski definition) is 6. The number of alkyl halides is 3. The molecule has 0 aliphatic carbocycles. The number of carbonyl (C=O) groups is 2. The van der Waals surface area contributed by atoms with Gasteiger partial charge in [-0.2, -0.15) is 18.2 Å². The van der Waals surface area contributed by atoms with Gasteiger partial charge in [-0.15, -0.1) is 0 Å². The van der Waals surface area contributed by atoms with Crippen LogP contribution in [0.2, 0.25) is 0 Å². The van der Waals surface area contributed by atoms with Gasteiger partial charge in [0.1, 0.15) is 5.82 Å². The quantitative estimate of drug-likeness (QED) is 0.725. The predicted octanol–water partition coefficient (Wildman–Crippen LogP) is 2.62. The standard InChI is InChI=1S/C18H19F3N4O4/c1-10-6-13(7-14(23-10)24-11(2)26)16(27)22-8-12-4-5-15(25-17(12)28-3)29-9-18(19,20)21/h4-7H,8-9H2,1-3H3,(H,22,27)(H,23,24,26). The van der Waals surface area contributed by atoms with Crippen LogP contribution >= 0.6 is 0 Å². The monoisotopic (exact) mass is 412 g/mol. The molecule has 0 saturated heterocycles. The Morgan fingerprint density at radius 1 is 1.17 bits per heavy atom. The fourth-order valence-corrected chi connectivity index (χ4v) is 2.32. The molecule has 0 aromatic carbocycles. The van der Waals surface area contributed by atoms with Gasteiger partial charge in [0.15, 0.2) is 6.61 Å². The van der Waals surface area contributed by atoms with E-state index in [0.717, 1.165) is 0 Å². The van der Waals surface area contributed by atoms with Crippen molar-refractivity contribution >= 4 is 17.6 Å². The van der Waals surface area contributed by atoms with Crippen LogP contribution in [0.4, 0.5) is 19.0 Å². The molecule has 2 heterocycles. The molecule has 0 saturated carbocycles. The number of aryl methyl sites for hydroxylation is 1. The van der Waals surface area contributed by atoms with Crippen molar-refractivity contribution in [2.24, 2.45) is 0 Å². The third kappa shape index (κ3) is 6.94. The second kappa shape index (κ2) is 9.22. The molecule has 156 valence electrons. The molecule has 0 bridgehead atoms. The summed E-state index contributed by atoms with van der Waals surface area (Å²) >= 11 is 0. The number of hydrogen-bond donors (Lipinski definition) is 2. The minimum atomic E-state index is -4.49. The molecule has 2 rings (SSSR count). The Morgan fingerprint density at radius 3 is 2.52 bits per heavy atom. The van der Waals surface area contributed by atoms with Crippen LogP contribution in [-0.4, -0.2) is 41.7 Å². The van der Waals surface area contributed by atoms with E-state index in [2.05, 4.69) is 25.3 Å². The van der Waals surface area contributed by atoms with Crippen molar-refractivity contribution in [3.05, 3.63) is 41.1 Å². The van der Waals surface area contributed by atoms with E-state index in [1.165, 1.54) is 32.2 Å². The second-order valence-corrected chi connectivity index (χ2v) is 5.97. The summed E-state index contributed by atoms with van der Waals surface area (Å²) in [5, 5.41) is 5.16. The van der Waals surface area contributed by atoms with Gasteiger partial charge in [-0.1, -0.05) is 0 Å². The maximum absolute atomic E-state index is 12.4. The fraction of sp³-hybridized carbons (Fsp3) is 0.333. The van der Waals surface area contributed by atoms with E-state index in [1.54, 1.807) is 13.0 Å². The lowest BCUT2D eigenvalue weighted by molar-refractivity contribution is -0.154. The molecule has 11 heteroatoms. The van der Waals surface area contributed by atoms with Gasteiger partial charge in [-0.3, -0.25) is 9.59 Å². The second-order valence-electron chi connectivity index (χ2n) is 5.97. The van der Waals surface area contributed by atoms with Crippen molar-refractivity contribution in [2.45, 2.75) is 26.6 Å². The van der Waals surface area contributed by atoms with E-state index in [1.807, 2.05) is 0 Å². The summed E-state index contributed by atoms with van der Waals surface area (Å²) < 4.78 is 46.4. The van der Waals surface area contributed by atoms with E-state index >= 15 is 0 Å². The van der Waals surface area contributed by atoms with Crippen LogP contribution in [0.15, 0.2) is 24.3 Å². The van der Waals surface area contributed by atoms with E-state index in [-0.39, 0.29) is 35.6 Å². The first-order valence-electron chi connectivity index (χ1n) is 8.35. The molecule has 0 fully saturated rings. The highest BCUT2D eigenvalue weighted by Gasteiger charge is 2.28. The summed E-state index contributed by atoms with van der Waals surface area (Å²) in [7, 11) is 1.30. The Kier molecular flexibility index (Phi) is 6.97. The van der Waals surface area contributed by atoms with Crippen molar-refractivity contribution in [2.75, 3.05) is 19.0 Å². The number of amides is 2. The van der Waals surface area contributed by atoms with Gasteiger partial charge in [0.25, 0.3) is 5.91 Å². The Balaban J connectivity index is 2.08. The fourth-order valence-electron chi connectivity index (χ4n) is 2.32. The van der Waals surface area contributed by atoms with Crippen LogP contribution < -0.4 is 20.1 Å². The molecule has 29 heavy (non-hydrogen) atoms. The third-order valence-electron chi connectivity index (χ3n) is 3.45. The van der Waals surface area contributed by atoms with Crippen molar-refractivity contribution in [3.63, 3.8) is 0 Å². The number of rotatable bonds is 7. The lowest BCUT2D eigenvalue weighted by atomic mass is 10.2. The Labute approximate surface area is 164 Å². The zero-order chi connectivity index (χ0) is 21.6. The molecule has 0 atom stereocenters. The summed E-state index contributed by atoms with van der Waals surface area (Å²) in [5.74, 6) is -0.749. The highest BCUT2D eigenvalue weighted by Crippen LogP contribution is 2.22. The molecule has 0 radical (unpaired) electrons. The number of methoxy groups -OCH3 is 1. The molecule has 2 N–H and O–H groups in total. The van der Waals surface area contributed by atoms with Crippen LogP contribution in [0.3, 0.4) is 0 Å². The maximum atomic E-state index is 12.4. The highest BCUT2D eigenvalue weighted by molar-refractivity contribution is 5.96. The van der Waals surface area contributed by atoms with E-state index in [4.69, 9.17) is 4.74 Å². The first kappa shape index (κ1) is 21.9. The lowest BCUT2D eigenvalue weighted by Gasteiger charge is -2.13. The summed E-state index contributed by atoms with van der Waals surface area (Å²) in [6.45, 7) is 1.53. The molecular formula is C18H19F3N4O4.